The van der Waals surface area contributed by atoms with Crippen LogP contribution in [0.3, 0.4) is 0 Å². The number of nitrogen functional groups attached to an aromatic ring is 1. The number of rotatable bonds is 1. The Morgan fingerprint density at radius 3 is 2.50 bits per heavy atom. The van der Waals surface area contributed by atoms with E-state index in [0.717, 1.165) is 22.3 Å². The number of nitrogens with two attached hydrogens (primary N) is 1. The fourth-order valence-corrected chi connectivity index (χ4v) is 2.64. The number of hydrogen-bond acceptors (Lipinski definition) is 4. The van der Waals surface area contributed by atoms with E-state index in [-0.39, 0.29) is 5.54 Å². The molecule has 0 atom stereocenters. The van der Waals surface area contributed by atoms with Gasteiger partial charge in [0.25, 0.3) is 0 Å². The number of hydrogen-bond donors (Lipinski definition) is 1. The first-order chi connectivity index (χ1) is 10.3. The van der Waals surface area contributed by atoms with Crippen LogP contribution in [0.15, 0.2) is 24.5 Å². The summed E-state index contributed by atoms with van der Waals surface area (Å²) in [6.07, 6.45) is 1.49. The van der Waals surface area contributed by atoms with E-state index in [1.54, 1.807) is 0 Å². The van der Waals surface area contributed by atoms with Crippen molar-refractivity contribution in [3.05, 3.63) is 35.7 Å². The van der Waals surface area contributed by atoms with Crippen molar-refractivity contribution < 1.29 is 0 Å². The molecule has 0 aliphatic carbocycles. The smallest absolute Gasteiger partial charge is 0.164 e. The zero-order valence-electron chi connectivity index (χ0n) is 13.7. The Morgan fingerprint density at radius 2 is 1.82 bits per heavy atom. The van der Waals surface area contributed by atoms with Crippen molar-refractivity contribution in [2.24, 2.45) is 0 Å². The third-order valence-corrected chi connectivity index (χ3v) is 3.99. The molecular weight excluding hydrogens is 274 g/mol. The van der Waals surface area contributed by atoms with Gasteiger partial charge in [-0.3, -0.25) is 0 Å². The van der Waals surface area contributed by atoms with Crippen LogP contribution in [-0.2, 0) is 5.54 Å². The molecule has 0 amide bonds. The molecule has 0 unspecified atom stereocenters. The quantitative estimate of drug-likeness (QED) is 0.746. The minimum absolute atomic E-state index is 0.185. The van der Waals surface area contributed by atoms with Gasteiger partial charge in [-0.15, -0.1) is 0 Å². The average Bonchev–Trinajstić information content (AvgIpc) is 2.83. The average molecular weight is 295 g/mol. The van der Waals surface area contributed by atoms with Crippen LogP contribution in [0.2, 0.25) is 0 Å². The van der Waals surface area contributed by atoms with E-state index in [1.165, 1.54) is 17.5 Å². The maximum Gasteiger partial charge on any atom is 0.164 e. The highest BCUT2D eigenvalue weighted by Gasteiger charge is 2.24. The summed E-state index contributed by atoms with van der Waals surface area (Å²) in [6, 6.07) is 6.21. The highest BCUT2D eigenvalue weighted by Crippen LogP contribution is 2.34. The highest BCUT2D eigenvalue weighted by molar-refractivity contribution is 5.99. The van der Waals surface area contributed by atoms with E-state index >= 15 is 0 Å². The lowest BCUT2D eigenvalue weighted by molar-refractivity contribution is 0.366. The highest BCUT2D eigenvalue weighted by atomic mass is 15.3. The summed E-state index contributed by atoms with van der Waals surface area (Å²) < 4.78 is 1.93. The summed E-state index contributed by atoms with van der Waals surface area (Å²) in [4.78, 5) is 8.57. The predicted molar refractivity (Wildman–Crippen MR) is 89.6 cm³/mol. The van der Waals surface area contributed by atoms with Crippen molar-refractivity contribution in [1.29, 1.82) is 0 Å². The van der Waals surface area contributed by atoms with Crippen LogP contribution >= 0.6 is 0 Å². The van der Waals surface area contributed by atoms with E-state index in [4.69, 9.17) is 10.8 Å². The zero-order valence-corrected chi connectivity index (χ0v) is 13.7. The fraction of sp³-hybridized carbons (Fsp3) is 0.353. The summed E-state index contributed by atoms with van der Waals surface area (Å²) in [7, 11) is 0. The van der Waals surface area contributed by atoms with Gasteiger partial charge in [0.1, 0.15) is 17.8 Å². The molecule has 22 heavy (non-hydrogen) atoms. The number of anilines is 1. The second-order valence-electron chi connectivity index (χ2n) is 6.64. The second kappa shape index (κ2) is 4.80. The normalized spacial score (nSPS) is 12.0. The van der Waals surface area contributed by atoms with Crippen molar-refractivity contribution in [3.8, 4) is 11.3 Å². The van der Waals surface area contributed by atoms with Crippen LogP contribution in [0.1, 0.15) is 31.9 Å². The summed E-state index contributed by atoms with van der Waals surface area (Å²) in [5.74, 6) is 0.469. The van der Waals surface area contributed by atoms with Gasteiger partial charge < -0.3 is 5.73 Å². The van der Waals surface area contributed by atoms with Crippen LogP contribution in [0.25, 0.3) is 22.3 Å². The van der Waals surface area contributed by atoms with Crippen LogP contribution < -0.4 is 5.73 Å². The van der Waals surface area contributed by atoms with Gasteiger partial charge in [0.2, 0.25) is 0 Å². The van der Waals surface area contributed by atoms with Gasteiger partial charge in [-0.25, -0.2) is 14.6 Å². The molecule has 0 aliphatic heterocycles. The molecule has 5 heteroatoms. The molecule has 0 saturated carbocycles. The van der Waals surface area contributed by atoms with Gasteiger partial charge in [0.05, 0.1) is 10.9 Å². The van der Waals surface area contributed by atoms with E-state index in [0.29, 0.717) is 5.82 Å². The summed E-state index contributed by atoms with van der Waals surface area (Å²) >= 11 is 0. The van der Waals surface area contributed by atoms with E-state index in [2.05, 4.69) is 56.7 Å². The van der Waals surface area contributed by atoms with Crippen LogP contribution in [-0.4, -0.2) is 19.7 Å². The molecule has 0 fully saturated rings. The summed E-state index contributed by atoms with van der Waals surface area (Å²) in [6.45, 7) is 10.5. The summed E-state index contributed by atoms with van der Waals surface area (Å²) in [5.41, 5.74) is 11.1. The minimum Gasteiger partial charge on any atom is -0.383 e. The first-order valence-electron chi connectivity index (χ1n) is 7.37. The maximum absolute atomic E-state index is 6.13. The Kier molecular flexibility index (Phi) is 3.16. The topological polar surface area (TPSA) is 69.6 Å². The lowest BCUT2D eigenvalue weighted by Crippen LogP contribution is -2.23. The molecule has 2 heterocycles. The standard InChI is InChI=1S/C17H21N5/c1-10-7-6-8-12(11(10)2)14-13-15(18)19-9-20-16(13)22(21-14)17(3,4)5/h6-9H,1-5H3,(H2,18,19,20). The number of nitrogens with zero attached hydrogens (tertiary/aromatic N) is 4. The van der Waals surface area contributed by atoms with Crippen molar-refractivity contribution in [3.63, 3.8) is 0 Å². The molecule has 0 spiro atoms. The number of fused-ring (bicyclic) bond motifs is 1. The number of aromatic nitrogens is 4. The van der Waals surface area contributed by atoms with Crippen molar-refractivity contribution in [2.45, 2.75) is 40.2 Å². The molecule has 0 saturated heterocycles. The lowest BCUT2D eigenvalue weighted by atomic mass is 10.00. The molecule has 3 aromatic rings. The Bertz CT molecular complexity index is 855. The minimum atomic E-state index is -0.185. The summed E-state index contributed by atoms with van der Waals surface area (Å²) in [5, 5.41) is 5.65. The second-order valence-corrected chi connectivity index (χ2v) is 6.64. The number of benzene rings is 1. The molecule has 2 N–H and O–H groups in total. The zero-order chi connectivity index (χ0) is 16.1. The van der Waals surface area contributed by atoms with Crippen molar-refractivity contribution >= 4 is 16.9 Å². The van der Waals surface area contributed by atoms with E-state index < -0.39 is 0 Å². The Labute approximate surface area is 130 Å². The molecule has 2 aromatic heterocycles. The molecule has 0 radical (unpaired) electrons. The van der Waals surface area contributed by atoms with Crippen LogP contribution in [0, 0.1) is 13.8 Å². The Hall–Kier alpha value is -2.43. The van der Waals surface area contributed by atoms with Crippen LogP contribution in [0.4, 0.5) is 5.82 Å². The van der Waals surface area contributed by atoms with Gasteiger partial charge >= 0.3 is 0 Å². The molecule has 1 aromatic carbocycles. The fourth-order valence-electron chi connectivity index (χ4n) is 2.64. The van der Waals surface area contributed by atoms with Gasteiger partial charge in [-0.05, 0) is 45.7 Å². The third kappa shape index (κ3) is 2.13. The predicted octanol–water partition coefficient (Wildman–Crippen LogP) is 3.45. The lowest BCUT2D eigenvalue weighted by Gasteiger charge is -2.19. The molecular formula is C17H21N5. The van der Waals surface area contributed by atoms with E-state index in [9.17, 15) is 0 Å². The molecule has 3 rings (SSSR count). The molecule has 114 valence electrons. The first kappa shape index (κ1) is 14.5. The van der Waals surface area contributed by atoms with E-state index in [1.807, 2.05) is 10.7 Å². The van der Waals surface area contributed by atoms with Gasteiger partial charge in [-0.1, -0.05) is 18.2 Å². The number of aryl methyl sites for hydroxylation is 1. The Morgan fingerprint density at radius 1 is 1.09 bits per heavy atom. The first-order valence-corrected chi connectivity index (χ1v) is 7.37. The maximum atomic E-state index is 6.13. The van der Waals surface area contributed by atoms with Crippen molar-refractivity contribution in [1.82, 2.24) is 19.7 Å². The molecule has 0 bridgehead atoms. The van der Waals surface area contributed by atoms with Crippen LogP contribution in [0.5, 0.6) is 0 Å². The molecule has 5 nitrogen and oxygen atoms in total. The van der Waals surface area contributed by atoms with Gasteiger partial charge in [-0.2, -0.15) is 5.10 Å². The van der Waals surface area contributed by atoms with Gasteiger partial charge in [0.15, 0.2) is 5.65 Å². The van der Waals surface area contributed by atoms with Crippen molar-refractivity contribution in [2.75, 3.05) is 5.73 Å². The largest absolute Gasteiger partial charge is 0.383 e. The monoisotopic (exact) mass is 295 g/mol. The third-order valence-electron chi connectivity index (χ3n) is 3.99. The SMILES string of the molecule is Cc1cccc(-c2nn(C(C)(C)C)c3ncnc(N)c23)c1C. The molecule has 0 aliphatic rings. The van der Waals surface area contributed by atoms with Gasteiger partial charge in [0, 0.05) is 5.56 Å². The Balaban J connectivity index is 2.43.